The lowest BCUT2D eigenvalue weighted by atomic mass is 10.3. The Morgan fingerprint density at radius 2 is 1.85 bits per heavy atom. The number of halogens is 3. The number of imidazole rings is 1. The zero-order chi connectivity index (χ0) is 14.3. The van der Waals surface area contributed by atoms with E-state index in [9.17, 15) is 13.2 Å². The summed E-state index contributed by atoms with van der Waals surface area (Å²) < 4.78 is 40.8. The van der Waals surface area contributed by atoms with E-state index in [-0.39, 0.29) is 17.3 Å². The molecule has 2 aromatic heterocycles. The molecule has 0 unspecified atom stereocenters. The summed E-state index contributed by atoms with van der Waals surface area (Å²) in [6, 6.07) is 1.64. The number of nitrogens with zero attached hydrogens (tertiary/aromatic N) is 3. The SMILES string of the molecule is Nc1cn2ccnc2c(Nc2cc(F)c(F)c(F)c2)n1. The van der Waals surface area contributed by atoms with Crippen LogP contribution in [-0.4, -0.2) is 14.4 Å². The average Bonchev–Trinajstić information content (AvgIpc) is 2.84. The molecule has 0 amide bonds. The molecule has 0 radical (unpaired) electrons. The molecule has 0 aliphatic carbocycles. The zero-order valence-corrected chi connectivity index (χ0v) is 9.94. The van der Waals surface area contributed by atoms with Crippen molar-refractivity contribution < 1.29 is 13.2 Å². The van der Waals surface area contributed by atoms with Gasteiger partial charge < -0.3 is 15.5 Å². The van der Waals surface area contributed by atoms with E-state index in [1.807, 2.05) is 0 Å². The smallest absolute Gasteiger partial charge is 0.194 e. The van der Waals surface area contributed by atoms with E-state index < -0.39 is 17.5 Å². The predicted octanol–water partition coefficient (Wildman–Crippen LogP) is 2.47. The van der Waals surface area contributed by atoms with Crippen LogP contribution in [0.15, 0.2) is 30.7 Å². The van der Waals surface area contributed by atoms with Gasteiger partial charge in [0, 0.05) is 30.2 Å². The molecule has 0 fully saturated rings. The normalized spacial score (nSPS) is 10.9. The van der Waals surface area contributed by atoms with Gasteiger partial charge in [0.1, 0.15) is 5.82 Å². The molecule has 0 spiro atoms. The van der Waals surface area contributed by atoms with Gasteiger partial charge in [-0.2, -0.15) is 0 Å². The summed E-state index contributed by atoms with van der Waals surface area (Å²) in [5, 5.41) is 2.66. The molecule has 3 aromatic rings. The van der Waals surface area contributed by atoms with E-state index in [4.69, 9.17) is 5.73 Å². The molecule has 8 heteroatoms. The molecule has 2 heterocycles. The number of nitrogen functional groups attached to an aromatic ring is 1. The molecule has 0 aliphatic rings. The van der Waals surface area contributed by atoms with Crippen LogP contribution in [0.3, 0.4) is 0 Å². The van der Waals surface area contributed by atoms with Crippen molar-refractivity contribution in [3.05, 3.63) is 48.2 Å². The van der Waals surface area contributed by atoms with Crippen LogP contribution in [0.25, 0.3) is 5.65 Å². The third-order valence-electron chi connectivity index (χ3n) is 2.64. The molecule has 1 aromatic carbocycles. The number of hydrogen-bond acceptors (Lipinski definition) is 4. The quantitative estimate of drug-likeness (QED) is 0.707. The molecule has 0 aliphatic heterocycles. The zero-order valence-electron chi connectivity index (χ0n) is 9.94. The number of fused-ring (bicyclic) bond motifs is 1. The molecule has 0 saturated heterocycles. The Labute approximate surface area is 110 Å². The second-order valence-electron chi connectivity index (χ2n) is 4.05. The Morgan fingerprint density at radius 1 is 1.15 bits per heavy atom. The summed E-state index contributed by atoms with van der Waals surface area (Å²) in [4.78, 5) is 8.03. The molecule has 102 valence electrons. The van der Waals surface area contributed by atoms with Gasteiger partial charge in [0.25, 0.3) is 0 Å². The summed E-state index contributed by atoms with van der Waals surface area (Å²) in [6.07, 6.45) is 4.71. The van der Waals surface area contributed by atoms with Gasteiger partial charge in [-0.1, -0.05) is 0 Å². The van der Waals surface area contributed by atoms with Crippen molar-refractivity contribution in [3.8, 4) is 0 Å². The Bertz CT molecular complexity index is 776. The monoisotopic (exact) mass is 279 g/mol. The first-order valence-electron chi connectivity index (χ1n) is 5.55. The predicted molar refractivity (Wildman–Crippen MR) is 67.0 cm³/mol. The third kappa shape index (κ3) is 2.00. The molecule has 3 rings (SSSR count). The number of hydrogen-bond donors (Lipinski definition) is 2. The maximum absolute atomic E-state index is 13.2. The van der Waals surface area contributed by atoms with Gasteiger partial charge >= 0.3 is 0 Å². The highest BCUT2D eigenvalue weighted by atomic mass is 19.2. The Kier molecular flexibility index (Phi) is 2.70. The molecular formula is C12H8F3N5. The number of nitrogens with one attached hydrogen (secondary N) is 1. The maximum atomic E-state index is 13.2. The molecule has 3 N–H and O–H groups in total. The number of anilines is 3. The number of rotatable bonds is 2. The third-order valence-corrected chi connectivity index (χ3v) is 2.64. The summed E-state index contributed by atoms with van der Waals surface area (Å²) in [5.74, 6) is -3.71. The number of benzene rings is 1. The Hall–Kier alpha value is -2.77. The fourth-order valence-corrected chi connectivity index (χ4v) is 1.80. The van der Waals surface area contributed by atoms with Crippen LogP contribution in [-0.2, 0) is 0 Å². The van der Waals surface area contributed by atoms with Crippen LogP contribution in [0.4, 0.5) is 30.5 Å². The van der Waals surface area contributed by atoms with Crippen molar-refractivity contribution in [2.45, 2.75) is 0 Å². The maximum Gasteiger partial charge on any atom is 0.194 e. The van der Waals surface area contributed by atoms with E-state index in [0.29, 0.717) is 5.65 Å². The van der Waals surface area contributed by atoms with Gasteiger partial charge in [-0.3, -0.25) is 0 Å². The molecule has 0 saturated carbocycles. The minimum Gasteiger partial charge on any atom is -0.382 e. The van der Waals surface area contributed by atoms with E-state index in [1.165, 1.54) is 6.20 Å². The van der Waals surface area contributed by atoms with E-state index in [0.717, 1.165) is 12.1 Å². The minimum atomic E-state index is -1.53. The highest BCUT2D eigenvalue weighted by molar-refractivity contribution is 5.71. The van der Waals surface area contributed by atoms with Crippen molar-refractivity contribution in [1.29, 1.82) is 0 Å². The van der Waals surface area contributed by atoms with Crippen molar-refractivity contribution in [3.63, 3.8) is 0 Å². The first-order valence-corrected chi connectivity index (χ1v) is 5.55. The van der Waals surface area contributed by atoms with Gasteiger partial charge in [-0.15, -0.1) is 0 Å². The van der Waals surface area contributed by atoms with Gasteiger partial charge in [0.15, 0.2) is 28.9 Å². The van der Waals surface area contributed by atoms with Gasteiger partial charge in [0.05, 0.1) is 6.20 Å². The van der Waals surface area contributed by atoms with Crippen LogP contribution >= 0.6 is 0 Å². The standard InChI is InChI=1S/C12H8F3N5/c13-7-3-6(4-8(14)10(7)15)18-11-12-17-1-2-20(12)5-9(16)19-11/h1-5H,16H2,(H,18,19). The minimum absolute atomic E-state index is 0.00407. The molecule has 5 nitrogen and oxygen atoms in total. The molecular weight excluding hydrogens is 271 g/mol. The van der Waals surface area contributed by atoms with Crippen LogP contribution in [0.5, 0.6) is 0 Å². The molecule has 0 bridgehead atoms. The molecule has 0 atom stereocenters. The van der Waals surface area contributed by atoms with Crippen molar-refractivity contribution in [2.75, 3.05) is 11.1 Å². The van der Waals surface area contributed by atoms with Gasteiger partial charge in [-0.25, -0.2) is 23.1 Å². The summed E-state index contributed by atoms with van der Waals surface area (Å²) in [7, 11) is 0. The summed E-state index contributed by atoms with van der Waals surface area (Å²) >= 11 is 0. The lowest BCUT2D eigenvalue weighted by molar-refractivity contribution is 0.448. The lowest BCUT2D eigenvalue weighted by Crippen LogP contribution is -2.03. The van der Waals surface area contributed by atoms with E-state index in [1.54, 1.807) is 16.8 Å². The van der Waals surface area contributed by atoms with Crippen molar-refractivity contribution in [1.82, 2.24) is 14.4 Å². The Balaban J connectivity index is 2.07. The highest BCUT2D eigenvalue weighted by Gasteiger charge is 2.12. The number of aromatic nitrogens is 3. The first-order chi connectivity index (χ1) is 9.54. The fraction of sp³-hybridized carbons (Fsp3) is 0. The topological polar surface area (TPSA) is 68.2 Å². The van der Waals surface area contributed by atoms with Crippen LogP contribution in [0.2, 0.25) is 0 Å². The lowest BCUT2D eigenvalue weighted by Gasteiger charge is -2.08. The van der Waals surface area contributed by atoms with Gasteiger partial charge in [-0.05, 0) is 0 Å². The largest absolute Gasteiger partial charge is 0.382 e. The highest BCUT2D eigenvalue weighted by Crippen LogP contribution is 2.23. The van der Waals surface area contributed by atoms with Crippen LogP contribution in [0, 0.1) is 17.5 Å². The first kappa shape index (κ1) is 12.3. The average molecular weight is 279 g/mol. The summed E-state index contributed by atoms with van der Waals surface area (Å²) in [5.41, 5.74) is 6.04. The molecule has 20 heavy (non-hydrogen) atoms. The van der Waals surface area contributed by atoms with Gasteiger partial charge in [0.2, 0.25) is 0 Å². The fourth-order valence-electron chi connectivity index (χ4n) is 1.80. The second-order valence-corrected chi connectivity index (χ2v) is 4.05. The van der Waals surface area contributed by atoms with Crippen LogP contribution < -0.4 is 11.1 Å². The van der Waals surface area contributed by atoms with Crippen molar-refractivity contribution in [2.24, 2.45) is 0 Å². The number of nitrogens with two attached hydrogens (primary N) is 1. The van der Waals surface area contributed by atoms with Crippen molar-refractivity contribution >= 4 is 23.0 Å². The summed E-state index contributed by atoms with van der Waals surface area (Å²) in [6.45, 7) is 0. The van der Waals surface area contributed by atoms with E-state index in [2.05, 4.69) is 15.3 Å². The Morgan fingerprint density at radius 3 is 2.55 bits per heavy atom. The van der Waals surface area contributed by atoms with E-state index >= 15 is 0 Å². The van der Waals surface area contributed by atoms with Crippen LogP contribution in [0.1, 0.15) is 0 Å². The second kappa shape index (κ2) is 4.41.